The van der Waals surface area contributed by atoms with Crippen molar-refractivity contribution in [2.75, 3.05) is 29.5 Å². The SMILES string of the molecule is COc1ccc(NC(=O)CN(c2cc(Cl)cc(Cl)c2)S(C)(=O)=O)cc1Cl. The van der Waals surface area contributed by atoms with Crippen molar-refractivity contribution in [1.29, 1.82) is 0 Å². The zero-order valence-corrected chi connectivity index (χ0v) is 16.9. The van der Waals surface area contributed by atoms with Crippen LogP contribution in [0.2, 0.25) is 15.1 Å². The van der Waals surface area contributed by atoms with Crippen molar-refractivity contribution in [3.05, 3.63) is 51.5 Å². The van der Waals surface area contributed by atoms with E-state index in [4.69, 9.17) is 39.5 Å². The number of benzene rings is 2. The molecule has 0 aliphatic heterocycles. The number of anilines is 2. The molecule has 0 bridgehead atoms. The Balaban J connectivity index is 2.23. The molecule has 0 aliphatic rings. The summed E-state index contributed by atoms with van der Waals surface area (Å²) in [6, 6.07) is 8.95. The Bertz CT molecular complexity index is 915. The third kappa shape index (κ3) is 5.41. The number of nitrogens with zero attached hydrogens (tertiary/aromatic N) is 1. The van der Waals surface area contributed by atoms with Gasteiger partial charge in [-0.05, 0) is 36.4 Å². The van der Waals surface area contributed by atoms with Gasteiger partial charge >= 0.3 is 0 Å². The highest BCUT2D eigenvalue weighted by atomic mass is 35.5. The quantitative estimate of drug-likeness (QED) is 0.739. The molecule has 140 valence electrons. The summed E-state index contributed by atoms with van der Waals surface area (Å²) in [6.45, 7) is -0.459. The number of carbonyl (C=O) groups is 1. The number of ether oxygens (including phenoxy) is 1. The third-order valence-corrected chi connectivity index (χ3v) is 5.13. The smallest absolute Gasteiger partial charge is 0.245 e. The van der Waals surface area contributed by atoms with Gasteiger partial charge in [0.25, 0.3) is 0 Å². The van der Waals surface area contributed by atoms with E-state index in [0.29, 0.717) is 16.5 Å². The van der Waals surface area contributed by atoms with E-state index in [9.17, 15) is 13.2 Å². The van der Waals surface area contributed by atoms with Crippen molar-refractivity contribution in [3.8, 4) is 5.75 Å². The lowest BCUT2D eigenvalue weighted by atomic mass is 10.3. The van der Waals surface area contributed by atoms with Crippen LogP contribution in [-0.4, -0.2) is 34.2 Å². The maximum atomic E-state index is 12.3. The predicted molar refractivity (Wildman–Crippen MR) is 105 cm³/mol. The van der Waals surface area contributed by atoms with Crippen molar-refractivity contribution >= 4 is 62.1 Å². The van der Waals surface area contributed by atoms with Gasteiger partial charge in [0.05, 0.1) is 24.1 Å². The van der Waals surface area contributed by atoms with Gasteiger partial charge in [0.15, 0.2) is 0 Å². The molecule has 0 atom stereocenters. The fraction of sp³-hybridized carbons (Fsp3) is 0.188. The standard InChI is InChI=1S/C16H15Cl3N2O4S/c1-25-15-4-3-12(8-14(15)19)20-16(22)9-21(26(2,23)24)13-6-10(17)5-11(18)7-13/h3-8H,9H2,1-2H3,(H,20,22). The van der Waals surface area contributed by atoms with Crippen molar-refractivity contribution in [3.63, 3.8) is 0 Å². The molecule has 0 saturated carbocycles. The van der Waals surface area contributed by atoms with Gasteiger partial charge in [-0.1, -0.05) is 34.8 Å². The fourth-order valence-electron chi connectivity index (χ4n) is 2.16. The molecule has 0 aliphatic carbocycles. The number of carbonyl (C=O) groups excluding carboxylic acids is 1. The van der Waals surface area contributed by atoms with E-state index in [1.165, 1.54) is 31.4 Å². The molecule has 2 aromatic carbocycles. The van der Waals surface area contributed by atoms with E-state index in [0.717, 1.165) is 10.6 Å². The second-order valence-electron chi connectivity index (χ2n) is 5.29. The molecular weight excluding hydrogens is 423 g/mol. The first kappa shape index (κ1) is 20.6. The third-order valence-electron chi connectivity index (χ3n) is 3.26. The molecule has 10 heteroatoms. The van der Waals surface area contributed by atoms with E-state index in [1.807, 2.05) is 0 Å². The topological polar surface area (TPSA) is 75.7 Å². The van der Waals surface area contributed by atoms with Crippen LogP contribution < -0.4 is 14.4 Å². The summed E-state index contributed by atoms with van der Waals surface area (Å²) in [6.07, 6.45) is 0.985. The van der Waals surface area contributed by atoms with E-state index >= 15 is 0 Å². The van der Waals surface area contributed by atoms with Gasteiger partial charge in [0, 0.05) is 15.7 Å². The molecule has 1 N–H and O–H groups in total. The molecule has 0 fully saturated rings. The van der Waals surface area contributed by atoms with Crippen LogP contribution in [0, 0.1) is 0 Å². The molecule has 0 spiro atoms. The molecule has 1 amide bonds. The summed E-state index contributed by atoms with van der Waals surface area (Å²) in [5.41, 5.74) is 0.589. The highest BCUT2D eigenvalue weighted by Crippen LogP contribution is 2.28. The number of methoxy groups -OCH3 is 1. The number of halogens is 3. The minimum absolute atomic E-state index is 0.188. The number of nitrogens with one attached hydrogen (secondary N) is 1. The molecule has 0 saturated heterocycles. The van der Waals surface area contributed by atoms with E-state index < -0.39 is 22.5 Å². The Labute approximate surface area is 166 Å². The molecule has 6 nitrogen and oxygen atoms in total. The summed E-state index contributed by atoms with van der Waals surface area (Å²) < 4.78 is 30.1. The molecule has 0 heterocycles. The van der Waals surface area contributed by atoms with Crippen molar-refractivity contribution < 1.29 is 17.9 Å². The van der Waals surface area contributed by atoms with E-state index in [2.05, 4.69) is 5.32 Å². The lowest BCUT2D eigenvalue weighted by molar-refractivity contribution is -0.114. The fourth-order valence-corrected chi connectivity index (χ4v) is 3.77. The van der Waals surface area contributed by atoms with Crippen LogP contribution in [0.25, 0.3) is 0 Å². The predicted octanol–water partition coefficient (Wildman–Crippen LogP) is 4.06. The number of hydrogen-bond acceptors (Lipinski definition) is 4. The largest absolute Gasteiger partial charge is 0.495 e. The zero-order chi connectivity index (χ0) is 19.5. The first-order valence-corrected chi connectivity index (χ1v) is 10.2. The van der Waals surface area contributed by atoms with Crippen LogP contribution in [0.3, 0.4) is 0 Å². The van der Waals surface area contributed by atoms with Gasteiger partial charge in [-0.3, -0.25) is 9.10 Å². The Morgan fingerprint density at radius 1 is 1.12 bits per heavy atom. The van der Waals surface area contributed by atoms with Crippen molar-refractivity contribution in [2.45, 2.75) is 0 Å². The van der Waals surface area contributed by atoms with Gasteiger partial charge in [-0.2, -0.15) is 0 Å². The van der Waals surface area contributed by atoms with Gasteiger partial charge in [-0.15, -0.1) is 0 Å². The zero-order valence-electron chi connectivity index (χ0n) is 13.8. The lowest BCUT2D eigenvalue weighted by Gasteiger charge is -2.22. The number of rotatable bonds is 6. The Morgan fingerprint density at radius 2 is 1.73 bits per heavy atom. The average Bonchev–Trinajstić information content (AvgIpc) is 2.50. The van der Waals surface area contributed by atoms with Crippen LogP contribution >= 0.6 is 34.8 Å². The number of sulfonamides is 1. The Morgan fingerprint density at radius 3 is 2.23 bits per heavy atom. The highest BCUT2D eigenvalue weighted by molar-refractivity contribution is 7.92. The average molecular weight is 438 g/mol. The van der Waals surface area contributed by atoms with Gasteiger partial charge in [-0.25, -0.2) is 8.42 Å². The Hall–Kier alpha value is -1.67. The minimum atomic E-state index is -3.75. The van der Waals surface area contributed by atoms with Crippen LogP contribution in [-0.2, 0) is 14.8 Å². The van der Waals surface area contributed by atoms with Gasteiger partial charge in [0.1, 0.15) is 12.3 Å². The van der Waals surface area contributed by atoms with Gasteiger partial charge in [0.2, 0.25) is 15.9 Å². The molecule has 2 aromatic rings. The van der Waals surface area contributed by atoms with Crippen LogP contribution in [0.4, 0.5) is 11.4 Å². The maximum absolute atomic E-state index is 12.3. The normalized spacial score (nSPS) is 11.1. The molecule has 0 unspecified atom stereocenters. The minimum Gasteiger partial charge on any atom is -0.495 e. The Kier molecular flexibility index (Phi) is 6.63. The van der Waals surface area contributed by atoms with Crippen molar-refractivity contribution in [2.24, 2.45) is 0 Å². The summed E-state index contributed by atoms with van der Waals surface area (Å²) >= 11 is 17.9. The lowest BCUT2D eigenvalue weighted by Crippen LogP contribution is -2.37. The van der Waals surface area contributed by atoms with E-state index in [1.54, 1.807) is 12.1 Å². The van der Waals surface area contributed by atoms with Gasteiger partial charge < -0.3 is 10.1 Å². The summed E-state index contributed by atoms with van der Waals surface area (Å²) in [7, 11) is -2.28. The van der Waals surface area contributed by atoms with Crippen LogP contribution in [0.5, 0.6) is 5.75 Å². The molecular formula is C16H15Cl3N2O4S. The van der Waals surface area contributed by atoms with Crippen LogP contribution in [0.1, 0.15) is 0 Å². The number of hydrogen-bond donors (Lipinski definition) is 1. The first-order chi connectivity index (χ1) is 12.1. The monoisotopic (exact) mass is 436 g/mol. The molecule has 0 aromatic heterocycles. The van der Waals surface area contributed by atoms with Crippen molar-refractivity contribution in [1.82, 2.24) is 0 Å². The highest BCUT2D eigenvalue weighted by Gasteiger charge is 2.22. The summed E-state index contributed by atoms with van der Waals surface area (Å²) in [4.78, 5) is 12.3. The number of amides is 1. The molecule has 0 radical (unpaired) electrons. The molecule has 2 rings (SSSR count). The maximum Gasteiger partial charge on any atom is 0.245 e. The second-order valence-corrected chi connectivity index (χ2v) is 8.48. The van der Waals surface area contributed by atoms with E-state index in [-0.39, 0.29) is 15.7 Å². The summed E-state index contributed by atoms with van der Waals surface area (Å²) in [5, 5.41) is 3.40. The second kappa shape index (κ2) is 8.35. The van der Waals surface area contributed by atoms with Crippen LogP contribution in [0.15, 0.2) is 36.4 Å². The first-order valence-electron chi connectivity index (χ1n) is 7.17. The molecule has 26 heavy (non-hydrogen) atoms. The summed E-state index contributed by atoms with van der Waals surface area (Å²) in [5.74, 6) is -0.108.